The minimum Gasteiger partial charge on any atom is -0.478 e. The lowest BCUT2D eigenvalue weighted by atomic mass is 10.1. The van der Waals surface area contributed by atoms with Crippen molar-refractivity contribution in [1.82, 2.24) is 5.43 Å². The van der Waals surface area contributed by atoms with Crippen LogP contribution in [0.4, 0.5) is 5.69 Å². The molecule has 0 spiro atoms. The summed E-state index contributed by atoms with van der Waals surface area (Å²) in [6, 6.07) is 2.77. The summed E-state index contributed by atoms with van der Waals surface area (Å²) in [6.07, 6.45) is 0. The number of halogens is 1. The van der Waals surface area contributed by atoms with Crippen LogP contribution in [0.5, 0.6) is 0 Å². The molecule has 0 aliphatic carbocycles. The number of carbonyl (C=O) groups is 1. The topological polar surface area (TPSA) is 101 Å². The van der Waals surface area contributed by atoms with E-state index in [-0.39, 0.29) is 21.3 Å². The quantitative estimate of drug-likeness (QED) is 0.266. The lowest BCUT2D eigenvalue weighted by molar-refractivity contribution is 0.0697. The number of thiocarbonyl (C=S) groups is 1. The van der Waals surface area contributed by atoms with E-state index in [0.717, 1.165) is 0 Å². The zero-order valence-electron chi connectivity index (χ0n) is 7.45. The maximum absolute atomic E-state index is 10.7. The number of carboxylic acids is 1. The van der Waals surface area contributed by atoms with Gasteiger partial charge in [0.05, 0.1) is 16.3 Å². The van der Waals surface area contributed by atoms with E-state index >= 15 is 0 Å². The van der Waals surface area contributed by atoms with Crippen LogP contribution in [0.15, 0.2) is 12.1 Å². The molecule has 0 unspecified atom stereocenters. The third-order valence-electron chi connectivity index (χ3n) is 1.79. The second-order valence-electron chi connectivity index (χ2n) is 2.67. The summed E-state index contributed by atoms with van der Waals surface area (Å²) in [5.74, 6) is 3.97. The fourth-order valence-electron chi connectivity index (χ4n) is 1.03. The van der Waals surface area contributed by atoms with Crippen LogP contribution in [0.1, 0.15) is 15.9 Å². The van der Waals surface area contributed by atoms with E-state index in [9.17, 15) is 4.79 Å². The maximum atomic E-state index is 10.7. The molecule has 0 amide bonds. The van der Waals surface area contributed by atoms with Gasteiger partial charge in [0.2, 0.25) is 0 Å². The smallest absolute Gasteiger partial charge is 0.337 e. The molecule has 1 rings (SSSR count). The first-order valence-electron chi connectivity index (χ1n) is 3.81. The minimum atomic E-state index is -1.15. The highest BCUT2D eigenvalue weighted by Gasteiger charge is 2.15. The Morgan fingerprint density at radius 2 is 2.00 bits per heavy atom. The van der Waals surface area contributed by atoms with Crippen LogP contribution < -0.4 is 17.0 Å². The number of rotatable bonds is 2. The summed E-state index contributed by atoms with van der Waals surface area (Å²) in [5, 5.41) is 8.72. The molecule has 1 aromatic carbocycles. The zero-order chi connectivity index (χ0) is 11.6. The van der Waals surface area contributed by atoms with Gasteiger partial charge < -0.3 is 16.3 Å². The van der Waals surface area contributed by atoms with Crippen molar-refractivity contribution in [3.8, 4) is 0 Å². The Kier molecular flexibility index (Phi) is 3.46. The fourth-order valence-corrected chi connectivity index (χ4v) is 1.46. The van der Waals surface area contributed by atoms with Crippen molar-refractivity contribution in [3.05, 3.63) is 28.3 Å². The number of hydrogen-bond donors (Lipinski definition) is 4. The van der Waals surface area contributed by atoms with Crippen molar-refractivity contribution in [3.63, 3.8) is 0 Å². The number of hydrogen-bond acceptors (Lipinski definition) is 4. The van der Waals surface area contributed by atoms with Crippen molar-refractivity contribution in [2.75, 3.05) is 5.73 Å². The number of nitrogens with one attached hydrogen (secondary N) is 1. The third-order valence-corrected chi connectivity index (χ3v) is 2.53. The second kappa shape index (κ2) is 4.43. The average Bonchev–Trinajstić information content (AvgIpc) is 2.20. The normalized spacial score (nSPS) is 9.73. The van der Waals surface area contributed by atoms with Crippen LogP contribution in [0.3, 0.4) is 0 Å². The fraction of sp³-hybridized carbons (Fsp3) is 0. The molecule has 6 N–H and O–H groups in total. The van der Waals surface area contributed by atoms with Crippen LogP contribution in [0, 0.1) is 0 Å². The van der Waals surface area contributed by atoms with E-state index in [1.165, 1.54) is 12.1 Å². The molecule has 0 atom stereocenters. The summed E-state index contributed by atoms with van der Waals surface area (Å²) >= 11 is 10.6. The standard InChI is InChI=1S/C8H8ClN3O2S/c9-5-3(8(13)14)1-2-4(6(5)10)7(15)12-11/h1-2H,10-11H2,(H,12,15)(H,13,14). The lowest BCUT2D eigenvalue weighted by Gasteiger charge is -2.09. The SMILES string of the molecule is NNC(=S)c1ccc(C(=O)O)c(Cl)c1N. The van der Waals surface area contributed by atoms with Gasteiger partial charge >= 0.3 is 5.97 Å². The maximum Gasteiger partial charge on any atom is 0.337 e. The molecule has 0 radical (unpaired) electrons. The molecule has 0 fully saturated rings. The number of carboxylic acid groups (broad SMARTS) is 1. The van der Waals surface area contributed by atoms with Crippen molar-refractivity contribution in [1.29, 1.82) is 0 Å². The first kappa shape index (κ1) is 11.7. The molecule has 0 saturated heterocycles. The number of nitrogens with two attached hydrogens (primary N) is 2. The van der Waals surface area contributed by atoms with E-state index in [4.69, 9.17) is 40.5 Å². The number of benzene rings is 1. The molecule has 15 heavy (non-hydrogen) atoms. The molecule has 1 aromatic rings. The van der Waals surface area contributed by atoms with Gasteiger partial charge in [-0.1, -0.05) is 23.8 Å². The Morgan fingerprint density at radius 3 is 2.47 bits per heavy atom. The van der Waals surface area contributed by atoms with Crippen LogP contribution >= 0.6 is 23.8 Å². The Labute approximate surface area is 96.0 Å². The average molecular weight is 246 g/mol. The zero-order valence-corrected chi connectivity index (χ0v) is 9.02. The largest absolute Gasteiger partial charge is 0.478 e. The van der Waals surface area contributed by atoms with Gasteiger partial charge in [-0.2, -0.15) is 0 Å². The first-order chi connectivity index (χ1) is 6.99. The van der Waals surface area contributed by atoms with Crippen molar-refractivity contribution in [2.24, 2.45) is 5.84 Å². The van der Waals surface area contributed by atoms with Crippen molar-refractivity contribution < 1.29 is 9.90 Å². The summed E-state index contributed by atoms with van der Waals surface area (Å²) in [4.78, 5) is 10.9. The van der Waals surface area contributed by atoms with Crippen LogP contribution in [-0.2, 0) is 0 Å². The molecule has 0 saturated carbocycles. The molecule has 80 valence electrons. The Hall–Kier alpha value is -1.37. The summed E-state index contributed by atoms with van der Waals surface area (Å²) in [7, 11) is 0. The highest BCUT2D eigenvalue weighted by atomic mass is 35.5. The Balaban J connectivity index is 3.33. The number of hydrazine groups is 1. The monoisotopic (exact) mass is 245 g/mol. The van der Waals surface area contributed by atoms with E-state index < -0.39 is 5.97 Å². The van der Waals surface area contributed by atoms with Crippen LogP contribution in [-0.4, -0.2) is 16.1 Å². The molecule has 0 aliphatic heterocycles. The first-order valence-corrected chi connectivity index (χ1v) is 4.60. The van der Waals surface area contributed by atoms with Gasteiger partial charge in [-0.15, -0.1) is 0 Å². The van der Waals surface area contributed by atoms with Gasteiger partial charge in [0.25, 0.3) is 0 Å². The third kappa shape index (κ3) is 2.17. The van der Waals surface area contributed by atoms with E-state index in [1.807, 2.05) is 0 Å². The highest BCUT2D eigenvalue weighted by Crippen LogP contribution is 2.27. The number of anilines is 1. The summed E-state index contributed by atoms with van der Waals surface area (Å²) in [6.45, 7) is 0. The molecular formula is C8H8ClN3O2S. The molecule has 7 heteroatoms. The number of aromatic carboxylic acids is 1. The van der Waals surface area contributed by atoms with Crippen molar-refractivity contribution in [2.45, 2.75) is 0 Å². The van der Waals surface area contributed by atoms with E-state index in [2.05, 4.69) is 5.43 Å². The second-order valence-corrected chi connectivity index (χ2v) is 3.45. The summed E-state index contributed by atoms with van der Waals surface area (Å²) in [5.41, 5.74) is 8.29. The molecule has 0 aromatic heterocycles. The predicted octanol–water partition coefficient (Wildman–Crippen LogP) is 0.759. The van der Waals surface area contributed by atoms with Gasteiger partial charge in [-0.25, -0.2) is 10.6 Å². The Morgan fingerprint density at radius 1 is 1.47 bits per heavy atom. The molecule has 0 bridgehead atoms. The molecule has 0 heterocycles. The predicted molar refractivity (Wildman–Crippen MR) is 61.8 cm³/mol. The van der Waals surface area contributed by atoms with Crippen LogP contribution in [0.2, 0.25) is 5.02 Å². The van der Waals surface area contributed by atoms with Gasteiger partial charge in [-0.3, -0.25) is 0 Å². The molecule has 0 aliphatic rings. The lowest BCUT2D eigenvalue weighted by Crippen LogP contribution is -2.29. The molecule has 5 nitrogen and oxygen atoms in total. The molecular weight excluding hydrogens is 238 g/mol. The van der Waals surface area contributed by atoms with Gasteiger partial charge in [-0.05, 0) is 12.1 Å². The van der Waals surface area contributed by atoms with E-state index in [1.54, 1.807) is 0 Å². The number of nitrogen functional groups attached to an aromatic ring is 1. The Bertz CT molecular complexity index is 436. The van der Waals surface area contributed by atoms with Gasteiger partial charge in [0, 0.05) is 5.56 Å². The van der Waals surface area contributed by atoms with Crippen LogP contribution in [0.25, 0.3) is 0 Å². The van der Waals surface area contributed by atoms with Gasteiger partial charge in [0.15, 0.2) is 0 Å². The highest BCUT2D eigenvalue weighted by molar-refractivity contribution is 7.80. The van der Waals surface area contributed by atoms with Crippen molar-refractivity contribution >= 4 is 40.5 Å². The van der Waals surface area contributed by atoms with E-state index in [0.29, 0.717) is 5.56 Å². The summed E-state index contributed by atoms with van der Waals surface area (Å²) < 4.78 is 0. The van der Waals surface area contributed by atoms with Gasteiger partial charge in [0.1, 0.15) is 4.99 Å². The minimum absolute atomic E-state index is 0.0439.